The van der Waals surface area contributed by atoms with Crippen molar-refractivity contribution in [2.45, 2.75) is 33.2 Å². The zero-order valence-corrected chi connectivity index (χ0v) is 10.6. The van der Waals surface area contributed by atoms with E-state index in [9.17, 15) is 9.50 Å². The van der Waals surface area contributed by atoms with Gasteiger partial charge in [0.1, 0.15) is 11.6 Å². The molecule has 1 atom stereocenters. The monoisotopic (exact) mass is 247 g/mol. The molecule has 0 amide bonds. The Labute approximate surface area is 102 Å². The predicted molar refractivity (Wildman–Crippen MR) is 66.4 cm³/mol. The second-order valence-corrected chi connectivity index (χ2v) is 4.36. The highest BCUT2D eigenvalue weighted by atomic mass is 35.5. The zero-order valence-electron chi connectivity index (χ0n) is 9.83. The highest BCUT2D eigenvalue weighted by molar-refractivity contribution is 5.85. The van der Waals surface area contributed by atoms with Gasteiger partial charge in [0.25, 0.3) is 0 Å². The summed E-state index contributed by atoms with van der Waals surface area (Å²) in [4.78, 5) is 0. The Hall–Kier alpha value is -0.800. The van der Waals surface area contributed by atoms with Gasteiger partial charge in [-0.2, -0.15) is 0 Å². The van der Waals surface area contributed by atoms with Gasteiger partial charge >= 0.3 is 0 Å². The molecule has 0 aliphatic rings. The number of rotatable bonds is 3. The van der Waals surface area contributed by atoms with Gasteiger partial charge in [-0.15, -0.1) is 12.4 Å². The van der Waals surface area contributed by atoms with Crippen LogP contribution in [0.5, 0.6) is 5.75 Å². The number of phenols is 1. The van der Waals surface area contributed by atoms with Crippen LogP contribution >= 0.6 is 12.4 Å². The van der Waals surface area contributed by atoms with Gasteiger partial charge in [-0.05, 0) is 30.9 Å². The van der Waals surface area contributed by atoms with Crippen molar-refractivity contribution in [1.82, 2.24) is 0 Å². The summed E-state index contributed by atoms with van der Waals surface area (Å²) in [6.07, 6.45) is 0.661. The first-order chi connectivity index (χ1) is 6.93. The summed E-state index contributed by atoms with van der Waals surface area (Å²) >= 11 is 0. The first-order valence-electron chi connectivity index (χ1n) is 5.17. The number of aromatic hydroxyl groups is 1. The van der Waals surface area contributed by atoms with E-state index >= 15 is 0 Å². The number of aryl methyl sites for hydroxylation is 1. The van der Waals surface area contributed by atoms with Crippen LogP contribution in [0.3, 0.4) is 0 Å². The maximum Gasteiger partial charge on any atom is 0.131 e. The standard InChI is InChI=1S/C12H18FNO.ClH/c1-7(2)6-10(14)11-9(13)5-4-8(3)12(11)15;/h4-5,7,10,15H,6,14H2,1-3H3;1H/t10-;/m0./s1. The lowest BCUT2D eigenvalue weighted by molar-refractivity contribution is 0.427. The summed E-state index contributed by atoms with van der Waals surface area (Å²) in [5.41, 5.74) is 6.76. The topological polar surface area (TPSA) is 46.2 Å². The van der Waals surface area contributed by atoms with Crippen LogP contribution in [0.4, 0.5) is 4.39 Å². The van der Waals surface area contributed by atoms with Gasteiger partial charge in [0, 0.05) is 11.6 Å². The van der Waals surface area contributed by atoms with Crippen LogP contribution in [-0.4, -0.2) is 5.11 Å². The molecule has 0 bridgehead atoms. The first kappa shape index (κ1) is 15.2. The van der Waals surface area contributed by atoms with E-state index in [1.807, 2.05) is 13.8 Å². The summed E-state index contributed by atoms with van der Waals surface area (Å²) in [5.74, 6) is -0.0614. The van der Waals surface area contributed by atoms with Crippen molar-refractivity contribution in [2.75, 3.05) is 0 Å². The van der Waals surface area contributed by atoms with E-state index in [1.165, 1.54) is 6.07 Å². The largest absolute Gasteiger partial charge is 0.507 e. The number of hydrogen-bond donors (Lipinski definition) is 2. The number of phenolic OH excluding ortho intramolecular Hbond substituents is 1. The first-order valence-corrected chi connectivity index (χ1v) is 5.17. The Morgan fingerprint density at radius 2 is 1.94 bits per heavy atom. The highest BCUT2D eigenvalue weighted by Gasteiger charge is 2.18. The smallest absolute Gasteiger partial charge is 0.131 e. The third-order valence-electron chi connectivity index (χ3n) is 2.46. The SMILES string of the molecule is Cc1ccc(F)c([C@@H](N)CC(C)C)c1O.Cl. The Morgan fingerprint density at radius 1 is 1.38 bits per heavy atom. The minimum Gasteiger partial charge on any atom is -0.507 e. The van der Waals surface area contributed by atoms with E-state index in [2.05, 4.69) is 0 Å². The number of halogens is 2. The fourth-order valence-corrected chi connectivity index (χ4v) is 1.67. The van der Waals surface area contributed by atoms with Crippen LogP contribution in [0.15, 0.2) is 12.1 Å². The lowest BCUT2D eigenvalue weighted by atomic mass is 9.95. The molecule has 1 aromatic rings. The molecule has 2 nitrogen and oxygen atoms in total. The average Bonchev–Trinajstić information content (AvgIpc) is 2.11. The predicted octanol–water partition coefficient (Wildman–Crippen LogP) is 3.31. The molecule has 0 spiro atoms. The summed E-state index contributed by atoms with van der Waals surface area (Å²) < 4.78 is 13.5. The molecule has 0 saturated heterocycles. The highest BCUT2D eigenvalue weighted by Crippen LogP contribution is 2.31. The summed E-state index contributed by atoms with van der Waals surface area (Å²) in [7, 11) is 0. The van der Waals surface area contributed by atoms with Gasteiger partial charge in [-0.3, -0.25) is 0 Å². The van der Waals surface area contributed by atoms with Gasteiger partial charge in [-0.25, -0.2) is 4.39 Å². The van der Waals surface area contributed by atoms with E-state index in [0.29, 0.717) is 17.9 Å². The molecule has 0 aromatic heterocycles. The third kappa shape index (κ3) is 3.35. The maximum atomic E-state index is 13.5. The molecule has 0 fully saturated rings. The van der Waals surface area contributed by atoms with Gasteiger partial charge < -0.3 is 10.8 Å². The lowest BCUT2D eigenvalue weighted by Crippen LogP contribution is -2.15. The van der Waals surface area contributed by atoms with E-state index in [-0.39, 0.29) is 23.7 Å². The summed E-state index contributed by atoms with van der Waals surface area (Å²) in [6, 6.07) is 2.46. The molecule has 92 valence electrons. The zero-order chi connectivity index (χ0) is 11.6. The molecule has 1 rings (SSSR count). The van der Waals surface area contributed by atoms with Crippen molar-refractivity contribution in [3.8, 4) is 5.75 Å². The Bertz CT molecular complexity index is 355. The molecule has 0 aliphatic carbocycles. The molecule has 0 radical (unpaired) electrons. The van der Waals surface area contributed by atoms with Crippen LogP contribution in [0.25, 0.3) is 0 Å². The van der Waals surface area contributed by atoms with Gasteiger partial charge in [0.05, 0.1) is 0 Å². The number of hydrogen-bond acceptors (Lipinski definition) is 2. The minimum absolute atomic E-state index is 0. The van der Waals surface area contributed by atoms with Gasteiger partial charge in [-0.1, -0.05) is 19.9 Å². The Kier molecular flexibility index (Phi) is 5.76. The van der Waals surface area contributed by atoms with Gasteiger partial charge in [0.15, 0.2) is 0 Å². The van der Waals surface area contributed by atoms with Crippen LogP contribution in [0.2, 0.25) is 0 Å². The minimum atomic E-state index is -0.440. The fraction of sp³-hybridized carbons (Fsp3) is 0.500. The van der Waals surface area contributed by atoms with E-state index in [0.717, 1.165) is 0 Å². The second kappa shape index (κ2) is 6.06. The second-order valence-electron chi connectivity index (χ2n) is 4.36. The van der Waals surface area contributed by atoms with Crippen molar-refractivity contribution >= 4 is 12.4 Å². The van der Waals surface area contributed by atoms with Crippen LogP contribution < -0.4 is 5.73 Å². The molecule has 4 heteroatoms. The van der Waals surface area contributed by atoms with Crippen molar-refractivity contribution in [1.29, 1.82) is 0 Å². The van der Waals surface area contributed by atoms with Crippen molar-refractivity contribution in [2.24, 2.45) is 11.7 Å². The van der Waals surface area contributed by atoms with E-state index in [1.54, 1.807) is 13.0 Å². The molecule has 3 N–H and O–H groups in total. The third-order valence-corrected chi connectivity index (χ3v) is 2.46. The molecule has 0 aliphatic heterocycles. The van der Waals surface area contributed by atoms with Gasteiger partial charge in [0.2, 0.25) is 0 Å². The molecule has 16 heavy (non-hydrogen) atoms. The summed E-state index contributed by atoms with van der Waals surface area (Å²) in [5, 5.41) is 9.74. The van der Waals surface area contributed by atoms with Crippen molar-refractivity contribution < 1.29 is 9.50 Å². The van der Waals surface area contributed by atoms with E-state index in [4.69, 9.17) is 5.73 Å². The molecular formula is C12H19ClFNO. The fourth-order valence-electron chi connectivity index (χ4n) is 1.67. The molecule has 1 aromatic carbocycles. The number of benzene rings is 1. The van der Waals surface area contributed by atoms with Crippen molar-refractivity contribution in [3.63, 3.8) is 0 Å². The van der Waals surface area contributed by atoms with E-state index < -0.39 is 11.9 Å². The molecule has 0 saturated carbocycles. The number of nitrogens with two attached hydrogens (primary N) is 1. The van der Waals surface area contributed by atoms with Crippen LogP contribution in [-0.2, 0) is 0 Å². The molecular weight excluding hydrogens is 229 g/mol. The average molecular weight is 248 g/mol. The maximum absolute atomic E-state index is 13.5. The Balaban J connectivity index is 0.00000225. The quantitative estimate of drug-likeness (QED) is 0.861. The molecule has 0 heterocycles. The lowest BCUT2D eigenvalue weighted by Gasteiger charge is -2.17. The van der Waals surface area contributed by atoms with Crippen molar-refractivity contribution in [3.05, 3.63) is 29.1 Å². The molecule has 0 unspecified atom stereocenters. The Morgan fingerprint density at radius 3 is 2.44 bits per heavy atom. The van der Waals surface area contributed by atoms with Crippen LogP contribution in [0.1, 0.15) is 37.4 Å². The summed E-state index contributed by atoms with van der Waals surface area (Å²) in [6.45, 7) is 5.77. The van der Waals surface area contributed by atoms with Crippen LogP contribution in [0, 0.1) is 18.7 Å². The normalized spacial score (nSPS) is 12.4.